The number of rotatable bonds is 2. The number of benzene rings is 2. The van der Waals surface area contributed by atoms with Crippen molar-refractivity contribution < 1.29 is 70.2 Å². The molecule has 0 aliphatic heterocycles. The molecule has 0 atom stereocenters. The topological polar surface area (TPSA) is 0 Å². The van der Waals surface area contributed by atoms with E-state index >= 15 is 0 Å². The van der Waals surface area contributed by atoms with Crippen molar-refractivity contribution in [1.29, 1.82) is 0 Å². The summed E-state index contributed by atoms with van der Waals surface area (Å²) in [6.45, 7) is 0. The van der Waals surface area contributed by atoms with Crippen molar-refractivity contribution in [3.8, 4) is 0 Å². The third-order valence-corrected chi connectivity index (χ3v) is 3.80. The maximum atomic E-state index is 13.9. The van der Waals surface area contributed by atoms with E-state index in [1.54, 1.807) is 0 Å². The summed E-state index contributed by atoms with van der Waals surface area (Å²) < 4.78 is 211. The van der Waals surface area contributed by atoms with Gasteiger partial charge in [0.15, 0.2) is 0 Å². The lowest BCUT2D eigenvalue weighted by Crippen LogP contribution is -2.65. The largest absolute Gasteiger partial charge is 0.578 e. The molecule has 0 amide bonds. The highest BCUT2D eigenvalue weighted by atomic mass is 19.4. The first-order valence-electron chi connectivity index (χ1n) is 6.92. The highest BCUT2D eigenvalue weighted by molar-refractivity contribution is 5.63. The molecule has 0 aliphatic rings. The lowest BCUT2D eigenvalue weighted by Gasteiger charge is -2.38. The van der Waals surface area contributed by atoms with Crippen LogP contribution in [0.2, 0.25) is 0 Å². The zero-order valence-electron chi connectivity index (χ0n) is 13.5. The number of hydrogen-bond acceptors (Lipinski definition) is 0. The molecule has 0 fully saturated rings. The molecule has 0 heterocycles. The van der Waals surface area contributed by atoms with Crippen molar-refractivity contribution >= 4 is 11.4 Å². The minimum Gasteiger partial charge on any atom is -0.200 e. The van der Waals surface area contributed by atoms with Gasteiger partial charge in [-0.15, -0.1) is 26.3 Å². The fraction of sp³-hybridized carbons (Fsp3) is 0.143. The second kappa shape index (κ2) is 7.16. The first-order chi connectivity index (χ1) is 13.9. The average molecular weight is 486 g/mol. The van der Waals surface area contributed by atoms with Crippen LogP contribution in [0.3, 0.4) is 0 Å². The van der Waals surface area contributed by atoms with Crippen LogP contribution in [0.1, 0.15) is 0 Å². The summed E-state index contributed by atoms with van der Waals surface area (Å²) in [5.74, 6) is -35.9. The summed E-state index contributed by atoms with van der Waals surface area (Å²) in [7, 11) is 0. The van der Waals surface area contributed by atoms with Gasteiger partial charge in [-0.25, -0.2) is 26.3 Å². The Morgan fingerprint density at radius 3 is 0.645 bits per heavy atom. The van der Waals surface area contributed by atoms with E-state index in [0.717, 1.165) is 0 Å². The van der Waals surface area contributed by atoms with Crippen molar-refractivity contribution in [2.24, 2.45) is 0 Å². The molecule has 0 aromatic heterocycles. The van der Waals surface area contributed by atoms with Gasteiger partial charge in [0.1, 0.15) is 0 Å². The first-order valence-corrected chi connectivity index (χ1v) is 6.92. The van der Waals surface area contributed by atoms with Gasteiger partial charge in [0.05, 0.1) is 0 Å². The predicted octanol–water partition coefficient (Wildman–Crippen LogP) is 6.76. The van der Waals surface area contributed by atoms with Crippen molar-refractivity contribution in [3.05, 3.63) is 58.2 Å². The molecule has 1 nitrogen and oxygen atoms in total. The molecule has 2 aromatic carbocycles. The summed E-state index contributed by atoms with van der Waals surface area (Å²) >= 11 is 0. The Kier molecular flexibility index (Phi) is 5.67. The number of halogens is 16. The van der Waals surface area contributed by atoms with Crippen LogP contribution in [0.5, 0.6) is 0 Å². The van der Waals surface area contributed by atoms with Gasteiger partial charge in [-0.3, -0.25) is 0 Å². The maximum absolute atomic E-state index is 13.9. The van der Waals surface area contributed by atoms with Gasteiger partial charge in [-0.05, 0) is 0 Å². The van der Waals surface area contributed by atoms with Crippen LogP contribution in [-0.2, 0) is 0 Å². The second-order valence-electron chi connectivity index (χ2n) is 5.44. The molecule has 0 bridgehead atoms. The smallest absolute Gasteiger partial charge is 0.200 e. The minimum absolute atomic E-state index is 3.28. The molecule has 0 saturated heterocycles. The lowest BCUT2D eigenvalue weighted by molar-refractivity contribution is -0.344. The van der Waals surface area contributed by atoms with Crippen LogP contribution in [0, 0.1) is 58.2 Å². The van der Waals surface area contributed by atoms with Crippen LogP contribution >= 0.6 is 0 Å². The van der Waals surface area contributed by atoms with Gasteiger partial charge in [0, 0.05) is 0 Å². The molecule has 17 heteroatoms. The van der Waals surface area contributed by atoms with E-state index in [4.69, 9.17) is 0 Å². The average Bonchev–Trinajstić information content (AvgIpc) is 2.64. The molecule has 0 radical (unpaired) electrons. The molecule has 0 spiro atoms. The first kappa shape index (κ1) is 24.5. The SMILES string of the molecule is Fc1c(F)c(F)c([N+](c2c(F)c(F)c(F)c(F)c2F)(C(F)(F)F)C(F)(F)F)c(F)c1F. The van der Waals surface area contributed by atoms with Crippen LogP contribution in [0.4, 0.5) is 81.6 Å². The van der Waals surface area contributed by atoms with Crippen molar-refractivity contribution in [2.75, 3.05) is 0 Å². The Labute approximate surface area is 158 Å². The van der Waals surface area contributed by atoms with E-state index < -0.39 is 86.6 Å². The molecule has 0 saturated carbocycles. The Balaban J connectivity index is 3.41. The number of alkyl halides is 6. The number of hydrogen-bond donors (Lipinski definition) is 0. The van der Waals surface area contributed by atoms with E-state index in [1.165, 1.54) is 0 Å². The Morgan fingerprint density at radius 1 is 0.323 bits per heavy atom. The third-order valence-electron chi connectivity index (χ3n) is 3.80. The Morgan fingerprint density at radius 2 is 0.484 bits per heavy atom. The monoisotopic (exact) mass is 486 g/mol. The summed E-state index contributed by atoms with van der Waals surface area (Å²) in [4.78, 5) is 0. The molecule has 31 heavy (non-hydrogen) atoms. The molecule has 172 valence electrons. The molecule has 0 unspecified atom stereocenters. The van der Waals surface area contributed by atoms with Crippen LogP contribution in [0.15, 0.2) is 0 Å². The van der Waals surface area contributed by atoms with E-state index in [9.17, 15) is 70.2 Å². The van der Waals surface area contributed by atoms with Gasteiger partial charge in [-0.2, -0.15) is 17.6 Å². The molecular formula is C14F16N+. The van der Waals surface area contributed by atoms with Gasteiger partial charge >= 0.3 is 12.6 Å². The molecule has 2 aromatic rings. The zero-order valence-corrected chi connectivity index (χ0v) is 13.5. The summed E-state index contributed by atoms with van der Waals surface area (Å²) in [5, 5.41) is 0. The fourth-order valence-electron chi connectivity index (χ4n) is 2.54. The Bertz CT molecular complexity index is 922. The predicted molar refractivity (Wildman–Crippen MR) is 66.0 cm³/mol. The molecular weight excluding hydrogens is 486 g/mol. The van der Waals surface area contributed by atoms with Gasteiger partial charge in [0.2, 0.25) is 69.5 Å². The highest BCUT2D eigenvalue weighted by Crippen LogP contribution is 2.57. The molecule has 0 aliphatic carbocycles. The molecule has 0 N–H and O–H groups in total. The Hall–Kier alpha value is -2.72. The zero-order chi connectivity index (χ0) is 24.4. The van der Waals surface area contributed by atoms with E-state index in [-0.39, 0.29) is 0 Å². The van der Waals surface area contributed by atoms with Crippen molar-refractivity contribution in [3.63, 3.8) is 0 Å². The third kappa shape index (κ3) is 3.08. The van der Waals surface area contributed by atoms with E-state index in [2.05, 4.69) is 0 Å². The maximum Gasteiger partial charge on any atom is 0.578 e. The highest BCUT2D eigenvalue weighted by Gasteiger charge is 2.79. The lowest BCUT2D eigenvalue weighted by atomic mass is 10.1. The number of nitrogens with zero attached hydrogens (tertiary/aromatic N) is 1. The summed E-state index contributed by atoms with van der Waals surface area (Å²) in [5.41, 5.74) is -8.03. The van der Waals surface area contributed by atoms with E-state index in [0.29, 0.717) is 0 Å². The second-order valence-corrected chi connectivity index (χ2v) is 5.44. The van der Waals surface area contributed by atoms with Gasteiger partial charge in [-0.1, -0.05) is 4.48 Å². The van der Waals surface area contributed by atoms with Gasteiger partial charge in [0.25, 0.3) is 0 Å². The van der Waals surface area contributed by atoms with Gasteiger partial charge < -0.3 is 0 Å². The van der Waals surface area contributed by atoms with Crippen LogP contribution in [-0.4, -0.2) is 12.6 Å². The van der Waals surface area contributed by atoms with Crippen LogP contribution < -0.4 is 4.48 Å². The summed E-state index contributed by atoms with van der Waals surface area (Å²) in [6.07, 6.45) is -15.1. The fourth-order valence-corrected chi connectivity index (χ4v) is 2.54. The quantitative estimate of drug-likeness (QED) is 0.145. The molecule has 2 rings (SSSR count). The number of quaternary nitrogens is 1. The van der Waals surface area contributed by atoms with Crippen molar-refractivity contribution in [2.45, 2.75) is 12.6 Å². The van der Waals surface area contributed by atoms with Crippen LogP contribution in [0.25, 0.3) is 0 Å². The standard InChI is InChI=1S/C14F16N/c15-1-3(17)7(21)11(8(22)4(1)18)31(13(25,26)27,14(28,29)30)12-9(23)5(19)2(16)6(20)10(12)24/q+1. The van der Waals surface area contributed by atoms with E-state index in [1.807, 2.05) is 0 Å². The minimum atomic E-state index is -7.53. The van der Waals surface area contributed by atoms with Crippen molar-refractivity contribution in [1.82, 2.24) is 4.48 Å². The normalized spacial score (nSPS) is 13.2. The summed E-state index contributed by atoms with van der Waals surface area (Å²) in [6, 6.07) is 0.